The molecule has 1 unspecified atom stereocenters. The van der Waals surface area contributed by atoms with Gasteiger partial charge in [0, 0.05) is 12.6 Å². The first kappa shape index (κ1) is 14.4. The summed E-state index contributed by atoms with van der Waals surface area (Å²) in [6.07, 6.45) is -0.734. The van der Waals surface area contributed by atoms with Crippen molar-refractivity contribution in [2.24, 2.45) is 0 Å². The van der Waals surface area contributed by atoms with Gasteiger partial charge in [-0.1, -0.05) is 0 Å². The van der Waals surface area contributed by atoms with Gasteiger partial charge in [-0.2, -0.15) is 0 Å². The maximum absolute atomic E-state index is 11.8. The molecule has 1 rings (SSSR count). The van der Waals surface area contributed by atoms with Crippen molar-refractivity contribution in [1.29, 1.82) is 0 Å². The molecule has 0 bridgehead atoms. The predicted molar refractivity (Wildman–Crippen MR) is 67.6 cm³/mol. The molecule has 1 aromatic rings. The van der Waals surface area contributed by atoms with Gasteiger partial charge in [-0.15, -0.1) is 0 Å². The molecular weight excluding hydrogens is 310 g/mol. The van der Waals surface area contributed by atoms with E-state index in [0.29, 0.717) is 10.2 Å². The fourth-order valence-electron chi connectivity index (χ4n) is 1.12. The first-order valence-corrected chi connectivity index (χ1v) is 7.15. The first-order chi connectivity index (χ1) is 7.86. The van der Waals surface area contributed by atoms with Crippen molar-refractivity contribution < 1.29 is 18.3 Å². The first-order valence-electron chi connectivity index (χ1n) is 4.88. The third kappa shape index (κ3) is 3.95. The van der Waals surface area contributed by atoms with Crippen molar-refractivity contribution in [2.75, 3.05) is 13.7 Å². The van der Waals surface area contributed by atoms with Crippen molar-refractivity contribution in [1.82, 2.24) is 4.72 Å². The van der Waals surface area contributed by atoms with Gasteiger partial charge in [0.05, 0.1) is 22.6 Å². The minimum atomic E-state index is -3.62. The van der Waals surface area contributed by atoms with E-state index in [0.717, 1.165) is 0 Å². The maximum Gasteiger partial charge on any atom is 0.240 e. The minimum absolute atomic E-state index is 0.0271. The van der Waals surface area contributed by atoms with E-state index in [9.17, 15) is 8.42 Å². The molecule has 1 atom stereocenters. The quantitative estimate of drug-likeness (QED) is 0.851. The average Bonchev–Trinajstić information content (AvgIpc) is 2.27. The highest BCUT2D eigenvalue weighted by molar-refractivity contribution is 9.10. The topological polar surface area (TPSA) is 75.6 Å². The van der Waals surface area contributed by atoms with Crippen LogP contribution in [0.3, 0.4) is 0 Å². The summed E-state index contributed by atoms with van der Waals surface area (Å²) in [6.45, 7) is 1.48. The van der Waals surface area contributed by atoms with Crippen molar-refractivity contribution in [3.8, 4) is 5.75 Å². The largest absolute Gasteiger partial charge is 0.496 e. The molecule has 0 saturated carbocycles. The zero-order valence-corrected chi connectivity index (χ0v) is 11.9. The van der Waals surface area contributed by atoms with Gasteiger partial charge >= 0.3 is 0 Å². The second-order valence-corrected chi connectivity index (χ2v) is 6.12. The van der Waals surface area contributed by atoms with Crippen LogP contribution in [-0.4, -0.2) is 33.3 Å². The lowest BCUT2D eigenvalue weighted by molar-refractivity contribution is 0.198. The molecule has 17 heavy (non-hydrogen) atoms. The fourth-order valence-corrected chi connectivity index (χ4v) is 2.67. The number of sulfonamides is 1. The van der Waals surface area contributed by atoms with E-state index in [2.05, 4.69) is 20.7 Å². The number of benzene rings is 1. The summed E-state index contributed by atoms with van der Waals surface area (Å²) in [5.74, 6) is 0.435. The molecule has 0 aromatic heterocycles. The highest BCUT2D eigenvalue weighted by Crippen LogP contribution is 2.27. The number of aliphatic hydroxyl groups excluding tert-OH is 1. The van der Waals surface area contributed by atoms with Crippen LogP contribution in [0.1, 0.15) is 6.92 Å². The summed E-state index contributed by atoms with van der Waals surface area (Å²) in [6, 6.07) is 4.46. The maximum atomic E-state index is 11.8. The zero-order chi connectivity index (χ0) is 13.1. The van der Waals surface area contributed by atoms with E-state index >= 15 is 0 Å². The van der Waals surface area contributed by atoms with Crippen molar-refractivity contribution >= 4 is 26.0 Å². The van der Waals surface area contributed by atoms with Gasteiger partial charge < -0.3 is 9.84 Å². The van der Waals surface area contributed by atoms with Gasteiger partial charge in [-0.25, -0.2) is 13.1 Å². The van der Waals surface area contributed by atoms with Gasteiger partial charge in [0.25, 0.3) is 0 Å². The second kappa shape index (κ2) is 5.81. The molecule has 7 heteroatoms. The van der Waals surface area contributed by atoms with Crippen LogP contribution in [0.4, 0.5) is 0 Å². The molecular formula is C10H14BrNO4S. The number of rotatable bonds is 5. The third-order valence-electron chi connectivity index (χ3n) is 2.00. The van der Waals surface area contributed by atoms with Crippen LogP contribution < -0.4 is 9.46 Å². The molecule has 96 valence electrons. The predicted octanol–water partition coefficient (Wildman–Crippen LogP) is 1.12. The molecule has 0 fully saturated rings. The molecule has 5 nitrogen and oxygen atoms in total. The van der Waals surface area contributed by atoms with Crippen LogP contribution in [0.25, 0.3) is 0 Å². The smallest absolute Gasteiger partial charge is 0.240 e. The Bertz CT molecular complexity index is 487. The van der Waals surface area contributed by atoms with E-state index < -0.39 is 16.1 Å². The number of hydrogen-bond acceptors (Lipinski definition) is 4. The van der Waals surface area contributed by atoms with Gasteiger partial charge in [0.15, 0.2) is 0 Å². The molecule has 0 aliphatic heterocycles. The molecule has 1 aromatic carbocycles. The molecule has 0 radical (unpaired) electrons. The lowest BCUT2D eigenvalue weighted by Gasteiger charge is -2.10. The van der Waals surface area contributed by atoms with Crippen molar-refractivity contribution in [3.63, 3.8) is 0 Å². The number of aliphatic hydroxyl groups is 1. The van der Waals surface area contributed by atoms with Crippen LogP contribution in [0.2, 0.25) is 0 Å². The molecule has 0 amide bonds. The molecule has 0 aliphatic carbocycles. The summed E-state index contributed by atoms with van der Waals surface area (Å²) in [7, 11) is -2.16. The summed E-state index contributed by atoms with van der Waals surface area (Å²) < 4.78 is 31.6. The number of hydrogen-bond donors (Lipinski definition) is 2. The molecule has 0 saturated heterocycles. The standard InChI is InChI=1S/C10H14BrNO4S/c1-7(13)6-12-17(14,15)8-3-4-9(11)10(5-8)16-2/h3-5,7,12-13H,6H2,1-2H3. The van der Waals surface area contributed by atoms with Gasteiger partial charge in [-0.05, 0) is 35.0 Å². The zero-order valence-electron chi connectivity index (χ0n) is 9.47. The van der Waals surface area contributed by atoms with Crippen LogP contribution in [-0.2, 0) is 10.0 Å². The van der Waals surface area contributed by atoms with Gasteiger partial charge in [0.2, 0.25) is 10.0 Å². The number of nitrogens with one attached hydrogen (secondary N) is 1. The summed E-state index contributed by atoms with van der Waals surface area (Å²) in [5.41, 5.74) is 0. The Labute approximate surface area is 109 Å². The van der Waals surface area contributed by atoms with Crippen LogP contribution in [0.15, 0.2) is 27.6 Å². The average molecular weight is 324 g/mol. The van der Waals surface area contributed by atoms with Crippen LogP contribution in [0.5, 0.6) is 5.75 Å². The Morgan fingerprint density at radius 3 is 2.71 bits per heavy atom. The summed E-state index contributed by atoms with van der Waals surface area (Å²) >= 11 is 3.24. The molecule has 0 spiro atoms. The lowest BCUT2D eigenvalue weighted by Crippen LogP contribution is -2.30. The van der Waals surface area contributed by atoms with Crippen molar-refractivity contribution in [3.05, 3.63) is 22.7 Å². The number of halogens is 1. The van der Waals surface area contributed by atoms with E-state index in [4.69, 9.17) is 9.84 Å². The second-order valence-electron chi connectivity index (χ2n) is 3.50. The Hall–Kier alpha value is -0.630. The Balaban J connectivity index is 2.99. The summed E-state index contributed by atoms with van der Waals surface area (Å²) in [5, 5.41) is 9.05. The summed E-state index contributed by atoms with van der Waals surface area (Å²) in [4.78, 5) is 0.0956. The molecule has 2 N–H and O–H groups in total. The highest BCUT2D eigenvalue weighted by atomic mass is 79.9. The number of methoxy groups -OCH3 is 1. The highest BCUT2D eigenvalue weighted by Gasteiger charge is 2.16. The van der Waals surface area contributed by atoms with Crippen LogP contribution >= 0.6 is 15.9 Å². The van der Waals surface area contributed by atoms with E-state index in [1.165, 1.54) is 26.2 Å². The monoisotopic (exact) mass is 323 g/mol. The van der Waals surface area contributed by atoms with Crippen LogP contribution in [0, 0.1) is 0 Å². The Morgan fingerprint density at radius 1 is 1.53 bits per heavy atom. The molecule has 0 aliphatic rings. The van der Waals surface area contributed by atoms with Crippen molar-refractivity contribution in [2.45, 2.75) is 17.9 Å². The van der Waals surface area contributed by atoms with E-state index in [-0.39, 0.29) is 11.4 Å². The SMILES string of the molecule is COc1cc(S(=O)(=O)NCC(C)O)ccc1Br. The van der Waals surface area contributed by atoms with Gasteiger partial charge in [-0.3, -0.25) is 0 Å². The fraction of sp³-hybridized carbons (Fsp3) is 0.400. The van der Waals surface area contributed by atoms with Gasteiger partial charge in [0.1, 0.15) is 5.75 Å². The van der Waals surface area contributed by atoms with E-state index in [1.54, 1.807) is 6.07 Å². The Kier molecular flexibility index (Phi) is 4.93. The molecule has 0 heterocycles. The Morgan fingerprint density at radius 2 is 2.18 bits per heavy atom. The normalized spacial score (nSPS) is 13.4. The lowest BCUT2D eigenvalue weighted by atomic mass is 10.3. The minimum Gasteiger partial charge on any atom is -0.496 e. The van der Waals surface area contributed by atoms with E-state index in [1.807, 2.05) is 0 Å². The number of ether oxygens (including phenoxy) is 1. The third-order valence-corrected chi connectivity index (χ3v) is 4.08.